The van der Waals surface area contributed by atoms with Crippen LogP contribution in [0.5, 0.6) is 0 Å². The van der Waals surface area contributed by atoms with E-state index in [2.05, 4.69) is 9.71 Å². The molecule has 1 aromatic carbocycles. The molecule has 24 heavy (non-hydrogen) atoms. The van der Waals surface area contributed by atoms with Crippen molar-refractivity contribution >= 4 is 21.4 Å². The van der Waals surface area contributed by atoms with Crippen LogP contribution in [0.1, 0.15) is 11.1 Å². The number of nitrogens with zero attached hydrogens (tertiary/aromatic N) is 2. The fourth-order valence-electron chi connectivity index (χ4n) is 2.12. The van der Waals surface area contributed by atoms with Gasteiger partial charge in [0, 0.05) is 23.7 Å². The van der Waals surface area contributed by atoms with Crippen molar-refractivity contribution in [2.45, 2.75) is 11.4 Å². The molecule has 120 valence electrons. The van der Waals surface area contributed by atoms with Gasteiger partial charge in [0.25, 0.3) is 0 Å². The van der Waals surface area contributed by atoms with Crippen LogP contribution < -0.4 is 4.72 Å². The average Bonchev–Trinajstić information content (AvgIpc) is 3.15. The van der Waals surface area contributed by atoms with E-state index in [9.17, 15) is 8.42 Å². The molecule has 0 amide bonds. The lowest BCUT2D eigenvalue weighted by Gasteiger charge is -2.08. The summed E-state index contributed by atoms with van der Waals surface area (Å²) in [7, 11) is -3.63. The van der Waals surface area contributed by atoms with Crippen molar-refractivity contribution < 1.29 is 8.42 Å². The van der Waals surface area contributed by atoms with Gasteiger partial charge in [-0.1, -0.05) is 0 Å². The molecule has 0 fully saturated rings. The van der Waals surface area contributed by atoms with Crippen molar-refractivity contribution in [3.8, 4) is 17.3 Å². The van der Waals surface area contributed by atoms with E-state index in [4.69, 9.17) is 5.26 Å². The predicted octanol–water partition coefficient (Wildman–Crippen LogP) is 3.16. The summed E-state index contributed by atoms with van der Waals surface area (Å²) < 4.78 is 27.2. The van der Waals surface area contributed by atoms with E-state index in [-0.39, 0.29) is 11.4 Å². The lowest BCUT2D eigenvalue weighted by Crippen LogP contribution is -2.23. The smallest absolute Gasteiger partial charge is 0.240 e. The van der Waals surface area contributed by atoms with Gasteiger partial charge in [-0.15, -0.1) is 0 Å². The van der Waals surface area contributed by atoms with Gasteiger partial charge < -0.3 is 0 Å². The molecule has 0 atom stereocenters. The number of benzene rings is 1. The van der Waals surface area contributed by atoms with E-state index >= 15 is 0 Å². The normalized spacial score (nSPS) is 11.1. The first-order valence-corrected chi connectivity index (χ1v) is 9.48. The summed E-state index contributed by atoms with van der Waals surface area (Å²) >= 11 is 1.58. The summed E-state index contributed by atoms with van der Waals surface area (Å²) in [6.07, 6.45) is 1.67. The molecule has 7 heteroatoms. The number of pyridine rings is 1. The van der Waals surface area contributed by atoms with E-state index in [0.29, 0.717) is 5.56 Å². The highest BCUT2D eigenvalue weighted by atomic mass is 32.2. The molecule has 0 spiro atoms. The number of nitriles is 1. The standard InChI is InChI=1S/C17H13N3O2S2/c18-10-13-1-3-16(4-2-13)24(21,22)20-11-14-5-7-19-17(9-14)15-6-8-23-12-15/h1-9,12,20H,11H2. The zero-order valence-corrected chi connectivity index (χ0v) is 14.1. The summed E-state index contributed by atoms with van der Waals surface area (Å²) in [5.74, 6) is 0. The van der Waals surface area contributed by atoms with Crippen molar-refractivity contribution in [1.82, 2.24) is 9.71 Å². The molecule has 2 aromatic heterocycles. The Balaban J connectivity index is 1.75. The molecule has 5 nitrogen and oxygen atoms in total. The third-order valence-corrected chi connectivity index (χ3v) is 5.50. The topological polar surface area (TPSA) is 82.8 Å². The Kier molecular flexibility index (Phi) is 4.71. The monoisotopic (exact) mass is 355 g/mol. The summed E-state index contributed by atoms with van der Waals surface area (Å²) in [6, 6.07) is 13.4. The van der Waals surface area contributed by atoms with Gasteiger partial charge in [0.2, 0.25) is 10.0 Å². The van der Waals surface area contributed by atoms with Crippen LogP contribution in [0.15, 0.2) is 64.3 Å². The first kappa shape index (κ1) is 16.3. The number of hydrogen-bond acceptors (Lipinski definition) is 5. The fourth-order valence-corrected chi connectivity index (χ4v) is 3.79. The van der Waals surface area contributed by atoms with Gasteiger partial charge in [0.15, 0.2) is 0 Å². The molecule has 0 unspecified atom stereocenters. The van der Waals surface area contributed by atoms with Gasteiger partial charge in [0.1, 0.15) is 0 Å². The Bertz CT molecular complexity index is 973. The van der Waals surface area contributed by atoms with E-state index in [1.165, 1.54) is 24.3 Å². The van der Waals surface area contributed by atoms with Crippen LogP contribution in [0, 0.1) is 11.3 Å². The van der Waals surface area contributed by atoms with Crippen LogP contribution in [-0.4, -0.2) is 13.4 Å². The van der Waals surface area contributed by atoms with Crippen molar-refractivity contribution in [1.29, 1.82) is 5.26 Å². The summed E-state index contributed by atoms with van der Waals surface area (Å²) in [5, 5.41) is 12.7. The average molecular weight is 355 g/mol. The van der Waals surface area contributed by atoms with Gasteiger partial charge in [-0.3, -0.25) is 4.98 Å². The summed E-state index contributed by atoms with van der Waals surface area (Å²) in [5.41, 5.74) is 3.06. The number of aromatic nitrogens is 1. The van der Waals surface area contributed by atoms with E-state index < -0.39 is 10.0 Å². The Hall–Kier alpha value is -2.53. The molecule has 3 aromatic rings. The minimum atomic E-state index is -3.63. The van der Waals surface area contributed by atoms with E-state index in [0.717, 1.165) is 16.8 Å². The SMILES string of the molecule is N#Cc1ccc(S(=O)(=O)NCc2ccnc(-c3ccsc3)c2)cc1. The van der Waals surface area contributed by atoms with Gasteiger partial charge in [0.05, 0.1) is 22.2 Å². The molecule has 2 heterocycles. The van der Waals surface area contributed by atoms with Gasteiger partial charge in [-0.25, -0.2) is 13.1 Å². The zero-order chi connectivity index (χ0) is 17.0. The third-order valence-electron chi connectivity index (χ3n) is 3.40. The Morgan fingerprint density at radius 2 is 1.96 bits per heavy atom. The van der Waals surface area contributed by atoms with Crippen LogP contribution in [0.25, 0.3) is 11.3 Å². The molecule has 0 bridgehead atoms. The van der Waals surface area contributed by atoms with Crippen LogP contribution in [0.3, 0.4) is 0 Å². The second-order valence-electron chi connectivity index (χ2n) is 5.02. The Morgan fingerprint density at radius 1 is 1.17 bits per heavy atom. The van der Waals surface area contributed by atoms with Crippen molar-refractivity contribution in [2.24, 2.45) is 0 Å². The number of thiophene rings is 1. The number of nitrogens with one attached hydrogen (secondary N) is 1. The predicted molar refractivity (Wildman–Crippen MR) is 92.7 cm³/mol. The zero-order valence-electron chi connectivity index (χ0n) is 12.5. The fraction of sp³-hybridized carbons (Fsp3) is 0.0588. The molecule has 1 N–H and O–H groups in total. The molecule has 0 aliphatic rings. The number of hydrogen-bond donors (Lipinski definition) is 1. The van der Waals surface area contributed by atoms with Crippen LogP contribution in [0.4, 0.5) is 0 Å². The molecule has 0 radical (unpaired) electrons. The third kappa shape index (κ3) is 3.68. The first-order valence-electron chi connectivity index (χ1n) is 7.06. The maximum atomic E-state index is 12.3. The van der Waals surface area contributed by atoms with Crippen LogP contribution >= 0.6 is 11.3 Å². The first-order chi connectivity index (χ1) is 11.6. The lowest BCUT2D eigenvalue weighted by molar-refractivity contribution is 0.581. The second kappa shape index (κ2) is 6.93. The molecular formula is C17H13N3O2S2. The summed E-state index contributed by atoms with van der Waals surface area (Å²) in [4.78, 5) is 4.44. The van der Waals surface area contributed by atoms with Gasteiger partial charge >= 0.3 is 0 Å². The largest absolute Gasteiger partial charge is 0.256 e. The lowest BCUT2D eigenvalue weighted by atomic mass is 10.1. The van der Waals surface area contributed by atoms with E-state index in [1.54, 1.807) is 23.6 Å². The van der Waals surface area contributed by atoms with Crippen LogP contribution in [-0.2, 0) is 16.6 Å². The maximum absolute atomic E-state index is 12.3. The van der Waals surface area contributed by atoms with Gasteiger partial charge in [-0.05, 0) is 53.4 Å². The molecule has 0 aliphatic heterocycles. The number of sulfonamides is 1. The molecular weight excluding hydrogens is 342 g/mol. The molecule has 0 aliphatic carbocycles. The molecule has 3 rings (SSSR count). The van der Waals surface area contributed by atoms with Crippen LogP contribution in [0.2, 0.25) is 0 Å². The highest BCUT2D eigenvalue weighted by molar-refractivity contribution is 7.89. The maximum Gasteiger partial charge on any atom is 0.240 e. The van der Waals surface area contributed by atoms with Crippen molar-refractivity contribution in [3.05, 3.63) is 70.5 Å². The molecule has 0 saturated heterocycles. The van der Waals surface area contributed by atoms with Gasteiger partial charge in [-0.2, -0.15) is 16.6 Å². The molecule has 0 saturated carbocycles. The minimum absolute atomic E-state index is 0.133. The quantitative estimate of drug-likeness (QED) is 0.762. The highest BCUT2D eigenvalue weighted by Crippen LogP contribution is 2.20. The minimum Gasteiger partial charge on any atom is -0.256 e. The summed E-state index contributed by atoms with van der Waals surface area (Å²) in [6.45, 7) is 0.169. The van der Waals surface area contributed by atoms with E-state index in [1.807, 2.05) is 29.0 Å². The number of rotatable bonds is 5. The Labute approximate surface area is 144 Å². The highest BCUT2D eigenvalue weighted by Gasteiger charge is 2.13. The second-order valence-corrected chi connectivity index (χ2v) is 7.57. The van der Waals surface area contributed by atoms with Crippen molar-refractivity contribution in [2.75, 3.05) is 0 Å². The van der Waals surface area contributed by atoms with Crippen molar-refractivity contribution in [3.63, 3.8) is 0 Å². The Morgan fingerprint density at radius 3 is 2.62 bits per heavy atom.